The normalized spacial score (nSPS) is 16.6. The summed E-state index contributed by atoms with van der Waals surface area (Å²) < 4.78 is 22.1. The Morgan fingerprint density at radius 3 is 2.10 bits per heavy atom. The average Bonchev–Trinajstić information content (AvgIpc) is 2.89. The van der Waals surface area contributed by atoms with Crippen molar-refractivity contribution in [1.82, 2.24) is 4.90 Å². The Kier molecular flexibility index (Phi) is 10.7. The number of amidine groups is 1. The van der Waals surface area contributed by atoms with Crippen LogP contribution in [0.1, 0.15) is 85.8 Å². The Bertz CT molecular complexity index is 1240. The van der Waals surface area contributed by atoms with E-state index >= 15 is 0 Å². The Balaban J connectivity index is 2.16. The minimum absolute atomic E-state index is 0.0162. The first-order chi connectivity index (χ1) is 19.6. The van der Waals surface area contributed by atoms with Crippen LogP contribution in [0.3, 0.4) is 0 Å². The molecule has 0 saturated carbocycles. The first-order valence-electron chi connectivity index (χ1n) is 14.8. The maximum absolute atomic E-state index is 13.5. The molecule has 2 aromatic carbocycles. The Morgan fingerprint density at radius 1 is 0.952 bits per heavy atom. The lowest BCUT2D eigenvalue weighted by Gasteiger charge is -2.39. The molecule has 0 aromatic heterocycles. The van der Waals surface area contributed by atoms with Crippen molar-refractivity contribution in [1.29, 1.82) is 0 Å². The fourth-order valence-corrected chi connectivity index (χ4v) is 4.97. The highest BCUT2D eigenvalue weighted by molar-refractivity contribution is 6.17. The van der Waals surface area contributed by atoms with Crippen molar-refractivity contribution in [3.63, 3.8) is 0 Å². The van der Waals surface area contributed by atoms with Gasteiger partial charge in [0, 0.05) is 32.5 Å². The maximum Gasteiger partial charge on any atom is 0.331 e. The van der Waals surface area contributed by atoms with Gasteiger partial charge in [-0.05, 0) is 47.9 Å². The summed E-state index contributed by atoms with van der Waals surface area (Å²) in [6.45, 7) is 16.6. The fraction of sp³-hybridized carbons (Fsp3) is 0.559. The molecule has 1 atom stereocenters. The lowest BCUT2D eigenvalue weighted by atomic mass is 9.86. The zero-order valence-electron chi connectivity index (χ0n) is 26.9. The topological polar surface area (TPSA) is 86.7 Å². The van der Waals surface area contributed by atoms with Crippen molar-refractivity contribution >= 4 is 23.5 Å². The van der Waals surface area contributed by atoms with Crippen LogP contribution in [0.2, 0.25) is 0 Å². The predicted octanol–water partition coefficient (Wildman–Crippen LogP) is 7.20. The van der Waals surface area contributed by atoms with Gasteiger partial charge in [0.2, 0.25) is 5.92 Å². The van der Waals surface area contributed by atoms with Crippen molar-refractivity contribution in [2.75, 3.05) is 14.2 Å². The predicted molar refractivity (Wildman–Crippen MR) is 165 cm³/mol. The number of hydrogen-bond acceptors (Lipinski definition) is 7. The minimum Gasteiger partial charge on any atom is -0.497 e. The van der Waals surface area contributed by atoms with E-state index in [1.165, 1.54) is 5.56 Å². The number of aliphatic imine (C=N–C) groups is 1. The molecule has 8 heteroatoms. The Hall–Kier alpha value is -3.55. The van der Waals surface area contributed by atoms with E-state index in [-0.39, 0.29) is 17.3 Å². The van der Waals surface area contributed by atoms with Gasteiger partial charge >= 0.3 is 11.9 Å². The van der Waals surface area contributed by atoms with Crippen LogP contribution in [-0.2, 0) is 31.0 Å². The first kappa shape index (κ1) is 33.0. The van der Waals surface area contributed by atoms with Gasteiger partial charge in [-0.2, -0.15) is 0 Å². The van der Waals surface area contributed by atoms with Crippen LogP contribution >= 0.6 is 0 Å². The molecule has 2 aromatic rings. The molecule has 0 radical (unpaired) electrons. The number of carbonyl (C=O) groups excluding carboxylic acids is 2. The van der Waals surface area contributed by atoms with E-state index in [0.717, 1.165) is 24.8 Å². The van der Waals surface area contributed by atoms with Crippen LogP contribution in [0.25, 0.3) is 0 Å². The van der Waals surface area contributed by atoms with Gasteiger partial charge in [0.05, 0.1) is 14.2 Å². The lowest BCUT2D eigenvalue weighted by Crippen LogP contribution is -2.54. The third-order valence-corrected chi connectivity index (χ3v) is 7.45. The molecule has 0 spiro atoms. The molecule has 230 valence electrons. The van der Waals surface area contributed by atoms with Crippen LogP contribution in [0.5, 0.6) is 11.5 Å². The third-order valence-electron chi connectivity index (χ3n) is 7.45. The van der Waals surface area contributed by atoms with Gasteiger partial charge in [0.25, 0.3) is 5.79 Å². The molecule has 1 unspecified atom stereocenters. The van der Waals surface area contributed by atoms with Crippen molar-refractivity contribution in [3.05, 3.63) is 53.6 Å². The average molecular weight is 581 g/mol. The summed E-state index contributed by atoms with van der Waals surface area (Å²) in [7, 11) is 3.12. The molecule has 0 bridgehead atoms. The van der Waals surface area contributed by atoms with Gasteiger partial charge in [-0.3, -0.25) is 9.59 Å². The number of rotatable bonds is 11. The van der Waals surface area contributed by atoms with E-state index in [4.69, 9.17) is 23.9 Å². The van der Waals surface area contributed by atoms with E-state index in [2.05, 4.69) is 65.8 Å². The number of methoxy groups -OCH3 is 2. The number of nitrogens with zero attached hydrogens (tertiary/aromatic N) is 2. The number of carbonyl (C=O) groups is 2. The van der Waals surface area contributed by atoms with E-state index in [0.29, 0.717) is 29.6 Å². The SMILES string of the molecule is COc1ccc(N=C(C2C(=O)OC(C)(C)OC2=O)N(Cc2ccc(C(C)(C)C)cc2)C(C)CCCC(C)C)c(OC)c1. The van der Waals surface area contributed by atoms with Crippen LogP contribution in [0, 0.1) is 11.8 Å². The smallest absolute Gasteiger partial charge is 0.331 e. The fourth-order valence-electron chi connectivity index (χ4n) is 4.97. The minimum atomic E-state index is -1.36. The number of hydrogen-bond donors (Lipinski definition) is 0. The van der Waals surface area contributed by atoms with Gasteiger partial charge in [-0.1, -0.05) is 71.7 Å². The Labute approximate surface area is 251 Å². The largest absolute Gasteiger partial charge is 0.497 e. The zero-order chi connectivity index (χ0) is 31.2. The van der Waals surface area contributed by atoms with Crippen LogP contribution in [-0.4, -0.2) is 48.7 Å². The molecule has 1 saturated heterocycles. The summed E-state index contributed by atoms with van der Waals surface area (Å²) in [6, 6.07) is 13.6. The van der Waals surface area contributed by atoms with Crippen LogP contribution < -0.4 is 9.47 Å². The van der Waals surface area contributed by atoms with E-state index in [1.54, 1.807) is 46.3 Å². The molecule has 0 aliphatic carbocycles. The van der Waals surface area contributed by atoms with Gasteiger partial charge in [0.1, 0.15) is 23.0 Å². The molecule has 8 nitrogen and oxygen atoms in total. The molecule has 3 rings (SSSR count). The molecule has 1 fully saturated rings. The standard InChI is InChI=1S/C34H48N2O6/c1-22(2)12-11-13-23(3)36(21-24-14-16-25(17-15-24)33(4,5)6)30(29-31(37)41-34(7,8)42-32(29)38)35-27-19-18-26(39-9)20-28(27)40-10/h14-20,22-23,29H,11-13,21H2,1-10H3. The van der Waals surface area contributed by atoms with Gasteiger partial charge < -0.3 is 23.8 Å². The molecular weight excluding hydrogens is 532 g/mol. The molecule has 0 amide bonds. The molecule has 1 aliphatic heterocycles. The van der Waals surface area contributed by atoms with Crippen molar-refractivity contribution in [2.45, 2.75) is 98.4 Å². The lowest BCUT2D eigenvalue weighted by molar-refractivity contribution is -0.236. The van der Waals surface area contributed by atoms with Crippen molar-refractivity contribution in [3.8, 4) is 11.5 Å². The van der Waals surface area contributed by atoms with Crippen LogP contribution in [0.15, 0.2) is 47.5 Å². The van der Waals surface area contributed by atoms with E-state index in [9.17, 15) is 9.59 Å². The summed E-state index contributed by atoms with van der Waals surface area (Å²) in [6.07, 6.45) is 2.91. The van der Waals surface area contributed by atoms with Crippen molar-refractivity contribution in [2.24, 2.45) is 16.8 Å². The second kappa shape index (κ2) is 13.6. The molecule has 1 heterocycles. The van der Waals surface area contributed by atoms with Gasteiger partial charge in [-0.25, -0.2) is 4.99 Å². The number of cyclic esters (lactones) is 2. The number of esters is 2. The van der Waals surface area contributed by atoms with E-state index < -0.39 is 23.6 Å². The molecule has 0 N–H and O–H groups in total. The number of benzene rings is 2. The van der Waals surface area contributed by atoms with Gasteiger partial charge in [-0.15, -0.1) is 0 Å². The zero-order valence-corrected chi connectivity index (χ0v) is 26.9. The summed E-state index contributed by atoms with van der Waals surface area (Å²) in [5.74, 6) is -2.21. The second-order valence-electron chi connectivity index (χ2n) is 12.9. The molecular formula is C34H48N2O6. The Morgan fingerprint density at radius 2 is 1.57 bits per heavy atom. The highest BCUT2D eigenvalue weighted by atomic mass is 16.7. The van der Waals surface area contributed by atoms with Crippen molar-refractivity contribution < 1.29 is 28.5 Å². The maximum atomic E-state index is 13.5. The summed E-state index contributed by atoms with van der Waals surface area (Å²) in [4.78, 5) is 33.9. The highest BCUT2D eigenvalue weighted by Crippen LogP contribution is 2.35. The summed E-state index contributed by atoms with van der Waals surface area (Å²) in [5.41, 5.74) is 2.73. The number of ether oxygens (including phenoxy) is 4. The summed E-state index contributed by atoms with van der Waals surface area (Å²) >= 11 is 0. The quantitative estimate of drug-likeness (QED) is 0.120. The monoisotopic (exact) mass is 580 g/mol. The van der Waals surface area contributed by atoms with E-state index in [1.807, 2.05) is 4.90 Å². The second-order valence-corrected chi connectivity index (χ2v) is 12.9. The first-order valence-corrected chi connectivity index (χ1v) is 14.8. The third kappa shape index (κ3) is 8.49. The van der Waals surface area contributed by atoms with Gasteiger partial charge in [0.15, 0.2) is 0 Å². The molecule has 1 aliphatic rings. The summed E-state index contributed by atoms with van der Waals surface area (Å²) in [5, 5.41) is 0. The highest BCUT2D eigenvalue weighted by Gasteiger charge is 2.48. The van der Waals surface area contributed by atoms with Crippen LogP contribution in [0.4, 0.5) is 5.69 Å². The molecule has 42 heavy (non-hydrogen) atoms.